The van der Waals surface area contributed by atoms with E-state index in [4.69, 9.17) is 4.42 Å². The quantitative estimate of drug-likeness (QED) is 0.200. The van der Waals surface area contributed by atoms with E-state index in [0.717, 1.165) is 39.0 Å². The molecule has 0 aliphatic rings. The topological polar surface area (TPSA) is 29.3 Å². The molecule has 0 unspecified atom stereocenters. The molecule has 0 aliphatic heterocycles. The molecule has 9 aromatic rings. The van der Waals surface area contributed by atoms with Gasteiger partial charge in [0.1, 0.15) is 5.58 Å². The molecule has 0 aliphatic carbocycles. The number of rotatable bonds is 5. The van der Waals surface area contributed by atoms with Gasteiger partial charge >= 0.3 is 0 Å². The zero-order valence-corrected chi connectivity index (χ0v) is 25.0. The van der Waals surface area contributed by atoms with Crippen molar-refractivity contribution in [3.63, 3.8) is 0 Å². The van der Waals surface area contributed by atoms with E-state index < -0.39 is 0 Å². The number of aromatic nitrogens is 1. The van der Waals surface area contributed by atoms with Gasteiger partial charge in [-0.15, -0.1) is 0 Å². The smallest absolute Gasteiger partial charge is 0.153 e. The van der Waals surface area contributed by atoms with Crippen LogP contribution in [-0.4, -0.2) is 4.98 Å². The molecule has 3 nitrogen and oxygen atoms in total. The van der Waals surface area contributed by atoms with Crippen LogP contribution in [0.25, 0.3) is 65.7 Å². The average molecular weight is 589 g/mol. The highest BCUT2D eigenvalue weighted by Crippen LogP contribution is 2.40. The van der Waals surface area contributed by atoms with Gasteiger partial charge < -0.3 is 9.32 Å². The summed E-state index contributed by atoms with van der Waals surface area (Å²) in [5, 5.41) is 7.14. The van der Waals surface area contributed by atoms with Gasteiger partial charge in [-0.1, -0.05) is 97.1 Å². The molecule has 9 rings (SSSR count). The molecule has 0 saturated heterocycles. The second-order valence-corrected chi connectivity index (χ2v) is 11.7. The molecule has 2 aromatic heterocycles. The van der Waals surface area contributed by atoms with Crippen LogP contribution in [0.3, 0.4) is 0 Å². The largest absolute Gasteiger partial charge is 0.454 e. The van der Waals surface area contributed by atoms with Crippen molar-refractivity contribution in [1.82, 2.24) is 4.98 Å². The molecule has 0 atom stereocenters. The highest BCUT2D eigenvalue weighted by molar-refractivity contribution is 6.06. The normalized spacial score (nSPS) is 11.5. The van der Waals surface area contributed by atoms with Crippen LogP contribution in [0.1, 0.15) is 0 Å². The summed E-state index contributed by atoms with van der Waals surface area (Å²) in [5.41, 5.74) is 9.56. The van der Waals surface area contributed by atoms with Crippen molar-refractivity contribution in [2.24, 2.45) is 0 Å². The van der Waals surface area contributed by atoms with Crippen molar-refractivity contribution >= 4 is 60.5 Å². The third-order valence-electron chi connectivity index (χ3n) is 8.93. The van der Waals surface area contributed by atoms with Crippen molar-refractivity contribution in [3.8, 4) is 22.3 Å². The maximum Gasteiger partial charge on any atom is 0.153 e. The number of nitrogens with zero attached hydrogens (tertiary/aromatic N) is 2. The van der Waals surface area contributed by atoms with Crippen LogP contribution in [0, 0.1) is 0 Å². The zero-order chi connectivity index (χ0) is 30.5. The van der Waals surface area contributed by atoms with Crippen molar-refractivity contribution in [2.75, 3.05) is 4.90 Å². The first-order valence-corrected chi connectivity index (χ1v) is 15.5. The van der Waals surface area contributed by atoms with Crippen LogP contribution in [-0.2, 0) is 0 Å². The van der Waals surface area contributed by atoms with Gasteiger partial charge in [-0.2, -0.15) is 0 Å². The van der Waals surface area contributed by atoms with E-state index in [0.29, 0.717) is 0 Å². The van der Waals surface area contributed by atoms with Crippen LogP contribution in [0.15, 0.2) is 175 Å². The zero-order valence-electron chi connectivity index (χ0n) is 25.0. The lowest BCUT2D eigenvalue weighted by Gasteiger charge is -2.26. The maximum absolute atomic E-state index is 6.25. The number of benzene rings is 7. The first-order valence-electron chi connectivity index (χ1n) is 15.5. The molecule has 216 valence electrons. The Labute approximate surface area is 266 Å². The van der Waals surface area contributed by atoms with Crippen LogP contribution >= 0.6 is 0 Å². The summed E-state index contributed by atoms with van der Waals surface area (Å²) in [7, 11) is 0. The van der Waals surface area contributed by atoms with Crippen molar-refractivity contribution < 1.29 is 4.42 Å². The number of anilines is 3. The molecular formula is C43H28N2O. The Morgan fingerprint density at radius 2 is 0.891 bits per heavy atom. The minimum atomic E-state index is 0.792. The van der Waals surface area contributed by atoms with Gasteiger partial charge in [0.25, 0.3) is 0 Å². The molecule has 46 heavy (non-hydrogen) atoms. The van der Waals surface area contributed by atoms with Crippen LogP contribution in [0.4, 0.5) is 17.1 Å². The Bertz CT molecular complexity index is 2410. The van der Waals surface area contributed by atoms with E-state index in [1.54, 1.807) is 6.20 Å². The number of furan rings is 1. The van der Waals surface area contributed by atoms with Gasteiger partial charge in [-0.3, -0.25) is 4.98 Å². The van der Waals surface area contributed by atoms with Crippen molar-refractivity contribution in [2.45, 2.75) is 0 Å². The lowest BCUT2D eigenvalue weighted by atomic mass is 10.00. The SMILES string of the molecule is c1ccc2cc(-c3ccc(N(c4ccc(-c5ccc6ccccc6c5)cc4)c4ccc5c(c4)oc4cnccc45)cc3)ccc2c1. The van der Waals surface area contributed by atoms with Gasteiger partial charge in [-0.05, 0) is 98.4 Å². The van der Waals surface area contributed by atoms with Gasteiger partial charge in [-0.25, -0.2) is 0 Å². The molecule has 3 heteroatoms. The molecule has 7 aromatic carbocycles. The van der Waals surface area contributed by atoms with Gasteiger partial charge in [0.2, 0.25) is 0 Å². The van der Waals surface area contributed by atoms with E-state index in [9.17, 15) is 0 Å². The summed E-state index contributed by atoms with van der Waals surface area (Å²) in [6, 6.07) is 56.4. The Hall–Kier alpha value is -6.19. The number of hydrogen-bond acceptors (Lipinski definition) is 3. The lowest BCUT2D eigenvalue weighted by molar-refractivity contribution is 0.667. The average Bonchev–Trinajstić information content (AvgIpc) is 3.50. The Balaban J connectivity index is 1.13. The van der Waals surface area contributed by atoms with E-state index in [2.05, 4.69) is 162 Å². The summed E-state index contributed by atoms with van der Waals surface area (Å²) in [4.78, 5) is 6.55. The monoisotopic (exact) mass is 588 g/mol. The van der Waals surface area contributed by atoms with E-state index in [-0.39, 0.29) is 0 Å². The summed E-state index contributed by atoms with van der Waals surface area (Å²) >= 11 is 0. The fourth-order valence-electron chi connectivity index (χ4n) is 6.55. The second kappa shape index (κ2) is 10.8. The Kier molecular flexibility index (Phi) is 6.14. The first kappa shape index (κ1) is 26.2. The number of pyridine rings is 1. The summed E-state index contributed by atoms with van der Waals surface area (Å²) < 4.78 is 6.25. The van der Waals surface area contributed by atoms with Crippen LogP contribution in [0.5, 0.6) is 0 Å². The first-order chi connectivity index (χ1) is 22.8. The van der Waals surface area contributed by atoms with E-state index >= 15 is 0 Å². The highest BCUT2D eigenvalue weighted by atomic mass is 16.3. The van der Waals surface area contributed by atoms with Crippen molar-refractivity contribution in [1.29, 1.82) is 0 Å². The van der Waals surface area contributed by atoms with E-state index in [1.807, 2.05) is 12.3 Å². The van der Waals surface area contributed by atoms with Crippen LogP contribution < -0.4 is 4.90 Å². The fourth-order valence-corrected chi connectivity index (χ4v) is 6.55. The third-order valence-corrected chi connectivity index (χ3v) is 8.93. The molecule has 0 amide bonds. The van der Waals surface area contributed by atoms with Gasteiger partial charge in [0, 0.05) is 40.1 Å². The molecule has 0 saturated carbocycles. The Morgan fingerprint density at radius 3 is 1.48 bits per heavy atom. The molecule has 0 fully saturated rings. The summed E-state index contributed by atoms with van der Waals surface area (Å²) in [6.07, 6.45) is 3.59. The minimum absolute atomic E-state index is 0.792. The standard InChI is InChI=1S/C43H28N2O/c1-3-7-33-25-35(11-9-29(33)5-1)31-13-17-37(18-14-31)45(39-21-22-40-41-23-24-44-28-43(41)46-42(40)27-39)38-19-15-32(16-20-38)36-12-10-30-6-2-4-8-34(30)26-36/h1-28H. The summed E-state index contributed by atoms with van der Waals surface area (Å²) in [5.74, 6) is 0. The fraction of sp³-hybridized carbons (Fsp3) is 0. The number of hydrogen-bond donors (Lipinski definition) is 0. The highest BCUT2D eigenvalue weighted by Gasteiger charge is 2.16. The maximum atomic E-state index is 6.25. The second-order valence-electron chi connectivity index (χ2n) is 11.7. The molecule has 0 bridgehead atoms. The lowest BCUT2D eigenvalue weighted by Crippen LogP contribution is -2.09. The molecule has 2 heterocycles. The van der Waals surface area contributed by atoms with Crippen molar-refractivity contribution in [3.05, 3.63) is 170 Å². The predicted octanol–water partition coefficient (Wildman–Crippen LogP) is 12.1. The van der Waals surface area contributed by atoms with E-state index in [1.165, 1.54) is 43.8 Å². The van der Waals surface area contributed by atoms with Crippen LogP contribution in [0.2, 0.25) is 0 Å². The molecule has 0 N–H and O–H groups in total. The minimum Gasteiger partial charge on any atom is -0.454 e. The predicted molar refractivity (Wildman–Crippen MR) is 192 cm³/mol. The Morgan fingerprint density at radius 1 is 0.391 bits per heavy atom. The number of fused-ring (bicyclic) bond motifs is 5. The van der Waals surface area contributed by atoms with Gasteiger partial charge in [0.15, 0.2) is 5.58 Å². The molecular weight excluding hydrogens is 560 g/mol. The van der Waals surface area contributed by atoms with Gasteiger partial charge in [0.05, 0.1) is 6.20 Å². The third kappa shape index (κ3) is 4.58. The summed E-state index contributed by atoms with van der Waals surface area (Å²) in [6.45, 7) is 0. The molecule has 0 spiro atoms. The molecule has 0 radical (unpaired) electrons.